The van der Waals surface area contributed by atoms with Gasteiger partial charge in [0, 0.05) is 30.5 Å². The normalized spacial score (nSPS) is 41.0. The molecule has 42 heavy (non-hydrogen) atoms. The predicted octanol–water partition coefficient (Wildman–Crippen LogP) is 1.70. The highest BCUT2D eigenvalue weighted by Crippen LogP contribution is 2.60. The standard InChI is InChI=1S/C22H29N7O9P2S2/c23-20-16-22(27-8-26-20)29(9-28-16)14-4-11-5-34-40(33,42)38-19-17(30)15(7-36-39(32,41)35-6-12(11)14)37-18(19)10-1-2-25-13(3-10)21(24)31/h1-2,8-12,14-15,17-19,30H,3-7H2,(H2,24,31)(H,32,41)(H,33,42)(H2,23,26,27)/t10?,11-,12-,14-,15-,17-,18+,19-,39+,40-/m1/s1. The van der Waals surface area contributed by atoms with Crippen molar-refractivity contribution in [3.63, 3.8) is 0 Å². The number of primary amides is 1. The van der Waals surface area contributed by atoms with Crippen molar-refractivity contribution in [2.24, 2.45) is 28.5 Å². The molecule has 6 rings (SSSR count). The number of thiol groups is 2. The summed E-state index contributed by atoms with van der Waals surface area (Å²) in [6.07, 6.45) is 2.03. The number of aromatic nitrogens is 4. The van der Waals surface area contributed by atoms with E-state index < -0.39 is 49.8 Å². The molecule has 0 aromatic carbocycles. The fourth-order valence-electron chi connectivity index (χ4n) is 5.76. The third-order valence-electron chi connectivity index (χ3n) is 8.00. The number of rotatable bonds is 3. The Labute approximate surface area is 250 Å². The Morgan fingerprint density at radius 2 is 1.83 bits per heavy atom. The lowest BCUT2D eigenvalue weighted by Gasteiger charge is -2.45. The summed E-state index contributed by atoms with van der Waals surface area (Å²) in [5, 5.41) is 11.1. The molecule has 1 unspecified atom stereocenters. The van der Waals surface area contributed by atoms with E-state index >= 15 is 0 Å². The van der Waals surface area contributed by atoms with Crippen LogP contribution >= 0.6 is 38.1 Å². The summed E-state index contributed by atoms with van der Waals surface area (Å²) in [4.78, 5) is 28.3. The van der Waals surface area contributed by atoms with E-state index in [0.717, 1.165) is 0 Å². The summed E-state index contributed by atoms with van der Waals surface area (Å²) in [5.74, 6) is -1.53. The lowest BCUT2D eigenvalue weighted by Crippen LogP contribution is -2.43. The molecule has 3 fully saturated rings. The molecule has 228 valence electrons. The largest absolute Gasteiger partial charge is 0.387 e. The van der Waals surface area contributed by atoms with Crippen LogP contribution in [-0.4, -0.2) is 80.5 Å². The summed E-state index contributed by atoms with van der Waals surface area (Å²) in [6, 6.07) is -0.204. The highest BCUT2D eigenvalue weighted by atomic mass is 32.7. The van der Waals surface area contributed by atoms with E-state index in [4.69, 9.17) is 34.3 Å². The van der Waals surface area contributed by atoms with Gasteiger partial charge in [-0.3, -0.25) is 18.8 Å². The van der Waals surface area contributed by atoms with Gasteiger partial charge in [0.2, 0.25) is 0 Å². The maximum Gasteiger partial charge on any atom is 0.386 e. The number of nitrogens with two attached hydrogens (primary N) is 2. The molecule has 4 aliphatic rings. The number of nitrogen functional groups attached to an aromatic ring is 1. The summed E-state index contributed by atoms with van der Waals surface area (Å²) >= 11 is 8.31. The first-order chi connectivity index (χ1) is 19.9. The van der Waals surface area contributed by atoms with Crippen molar-refractivity contribution in [2.45, 2.75) is 43.3 Å². The number of hydrogen-bond acceptors (Lipinski definition) is 14. The third kappa shape index (κ3) is 5.94. The number of carbonyl (C=O) groups excluding carboxylic acids is 1. The second kappa shape index (κ2) is 11.6. The van der Waals surface area contributed by atoms with E-state index in [9.17, 15) is 19.0 Å². The minimum Gasteiger partial charge on any atom is -0.387 e. The number of anilines is 1. The van der Waals surface area contributed by atoms with Crippen LogP contribution in [0, 0.1) is 17.8 Å². The van der Waals surface area contributed by atoms with Crippen molar-refractivity contribution in [1.82, 2.24) is 19.5 Å². The highest BCUT2D eigenvalue weighted by Gasteiger charge is 2.52. The topological polar surface area (TPSA) is 226 Å². The van der Waals surface area contributed by atoms with Crippen LogP contribution in [0.25, 0.3) is 11.2 Å². The third-order valence-corrected chi connectivity index (χ3v) is 11.3. The molecular formula is C22H29N7O9P2S2. The molecular weight excluding hydrogens is 632 g/mol. The summed E-state index contributed by atoms with van der Waals surface area (Å²) < 4.78 is 57.1. The zero-order valence-corrected chi connectivity index (χ0v) is 25.4. The molecule has 5 N–H and O–H groups in total. The van der Waals surface area contributed by atoms with Gasteiger partial charge in [-0.2, -0.15) is 0 Å². The second-order valence-electron chi connectivity index (χ2n) is 10.5. The number of aliphatic hydroxyl groups is 1. The van der Waals surface area contributed by atoms with Crippen LogP contribution in [0.3, 0.4) is 0 Å². The average molecular weight is 662 g/mol. The Kier molecular flexibility index (Phi) is 8.32. The SMILES string of the molecule is NC(=O)C1=NC=CC([C@@H]2O[C@@H]3CO[P@@](=O)(S)OC[C@@H]4[C@@H](CO[P@@](=O)(S)O[C@@H]2[C@@H]3O)C[C@H]4n2cnc3c(N)ncnc32)C1. The maximum absolute atomic E-state index is 13.4. The van der Waals surface area contributed by atoms with Crippen molar-refractivity contribution in [3.05, 3.63) is 24.9 Å². The molecule has 1 aliphatic carbocycles. The van der Waals surface area contributed by atoms with Gasteiger partial charge in [-0.05, 0) is 12.3 Å². The number of imidazole rings is 1. The van der Waals surface area contributed by atoms with Gasteiger partial charge in [0.1, 0.15) is 35.9 Å². The number of amides is 1. The molecule has 1 amide bonds. The highest BCUT2D eigenvalue weighted by molar-refractivity contribution is 8.44. The van der Waals surface area contributed by atoms with Crippen molar-refractivity contribution in [2.75, 3.05) is 25.6 Å². The van der Waals surface area contributed by atoms with Crippen LogP contribution in [0.5, 0.6) is 0 Å². The molecule has 3 aliphatic heterocycles. The van der Waals surface area contributed by atoms with Crippen molar-refractivity contribution in [3.8, 4) is 0 Å². The van der Waals surface area contributed by atoms with Gasteiger partial charge < -0.3 is 34.9 Å². The minimum atomic E-state index is -4.05. The zero-order valence-electron chi connectivity index (χ0n) is 21.9. The number of hydrogen-bond donors (Lipinski definition) is 5. The molecule has 0 radical (unpaired) electrons. The van der Waals surface area contributed by atoms with E-state index in [2.05, 4.69) is 44.4 Å². The molecule has 10 atom stereocenters. The maximum atomic E-state index is 13.4. The Morgan fingerprint density at radius 3 is 2.62 bits per heavy atom. The second-order valence-corrected chi connectivity index (χ2v) is 16.3. The van der Waals surface area contributed by atoms with E-state index in [-0.39, 0.29) is 55.6 Å². The van der Waals surface area contributed by atoms with Crippen molar-refractivity contribution < 1.29 is 41.9 Å². The molecule has 2 aromatic rings. The van der Waals surface area contributed by atoms with E-state index in [1.54, 1.807) is 12.4 Å². The number of ether oxygens (including phenoxy) is 1. The summed E-state index contributed by atoms with van der Waals surface area (Å²) in [7, 11) is 0. The lowest BCUT2D eigenvalue weighted by atomic mass is 9.70. The first-order valence-electron chi connectivity index (χ1n) is 13.0. The fraction of sp³-hybridized carbons (Fsp3) is 0.591. The van der Waals surface area contributed by atoms with Gasteiger partial charge in [0.15, 0.2) is 11.5 Å². The van der Waals surface area contributed by atoms with Crippen LogP contribution in [0.2, 0.25) is 0 Å². The minimum absolute atomic E-state index is 0.0492. The lowest BCUT2D eigenvalue weighted by molar-refractivity contribution is -0.112. The van der Waals surface area contributed by atoms with Crippen LogP contribution in [-0.2, 0) is 36.8 Å². The zero-order chi connectivity index (χ0) is 29.8. The summed E-state index contributed by atoms with van der Waals surface area (Å²) in [6.45, 7) is -8.47. The van der Waals surface area contributed by atoms with Gasteiger partial charge in [-0.25, -0.2) is 24.1 Å². The fourth-order valence-corrected chi connectivity index (χ4v) is 8.45. The van der Waals surface area contributed by atoms with Crippen LogP contribution in [0.4, 0.5) is 5.82 Å². The molecule has 2 aromatic heterocycles. The number of aliphatic hydroxyl groups excluding tert-OH is 1. The van der Waals surface area contributed by atoms with Gasteiger partial charge in [-0.1, -0.05) is 30.6 Å². The predicted molar refractivity (Wildman–Crippen MR) is 155 cm³/mol. The van der Waals surface area contributed by atoms with E-state index in [1.165, 1.54) is 12.5 Å². The van der Waals surface area contributed by atoms with Crippen LogP contribution < -0.4 is 11.5 Å². The van der Waals surface area contributed by atoms with E-state index in [1.807, 2.05) is 4.57 Å². The first-order valence-corrected chi connectivity index (χ1v) is 18.4. The van der Waals surface area contributed by atoms with Gasteiger partial charge in [0.25, 0.3) is 5.91 Å². The smallest absolute Gasteiger partial charge is 0.386 e. The van der Waals surface area contributed by atoms with E-state index in [0.29, 0.717) is 17.6 Å². The van der Waals surface area contributed by atoms with Gasteiger partial charge >= 0.3 is 13.6 Å². The Bertz CT molecular complexity index is 1540. The number of carbonyl (C=O) groups is 1. The molecule has 20 heteroatoms. The van der Waals surface area contributed by atoms with Crippen molar-refractivity contribution >= 4 is 66.7 Å². The molecule has 5 heterocycles. The number of aliphatic imine (C=N–C) groups is 1. The molecule has 16 nitrogen and oxygen atoms in total. The molecule has 0 spiro atoms. The van der Waals surface area contributed by atoms with Gasteiger partial charge in [-0.15, -0.1) is 0 Å². The van der Waals surface area contributed by atoms with Crippen molar-refractivity contribution in [1.29, 1.82) is 0 Å². The monoisotopic (exact) mass is 661 g/mol. The average Bonchev–Trinajstić information content (AvgIpc) is 3.48. The van der Waals surface area contributed by atoms with Crippen LogP contribution in [0.1, 0.15) is 18.9 Å². The molecule has 2 saturated heterocycles. The Morgan fingerprint density at radius 1 is 1.07 bits per heavy atom. The quantitative estimate of drug-likeness (QED) is 0.234. The number of nitrogens with zero attached hydrogens (tertiary/aromatic N) is 5. The number of fused-ring (bicyclic) bond motifs is 4. The van der Waals surface area contributed by atoms with Gasteiger partial charge in [0.05, 0.1) is 32.3 Å². The summed E-state index contributed by atoms with van der Waals surface area (Å²) in [5.41, 5.74) is 12.4. The Hall–Kier alpha value is -1.85. The first kappa shape index (κ1) is 30.2. The Balaban J connectivity index is 1.24. The molecule has 2 bridgehead atoms. The molecule has 1 saturated carbocycles. The van der Waals surface area contributed by atoms with Crippen LogP contribution in [0.15, 0.2) is 29.9 Å².